The SMILES string of the molecule is CC(C)NC(=O)CN(C)S(=O)(=O)c1ccc(CCCl)cc1. The molecule has 0 atom stereocenters. The molecule has 0 heterocycles. The molecule has 0 fully saturated rings. The molecule has 0 saturated heterocycles. The van der Waals surface area contributed by atoms with Crippen LogP contribution in [-0.4, -0.2) is 44.1 Å². The van der Waals surface area contributed by atoms with Crippen LogP contribution in [-0.2, 0) is 21.2 Å². The highest BCUT2D eigenvalue weighted by Gasteiger charge is 2.22. The molecule has 1 rings (SSSR count). The van der Waals surface area contributed by atoms with Gasteiger partial charge in [-0.3, -0.25) is 4.79 Å². The monoisotopic (exact) mass is 332 g/mol. The van der Waals surface area contributed by atoms with E-state index in [0.717, 1.165) is 9.87 Å². The number of hydrogen-bond donors (Lipinski definition) is 1. The minimum absolute atomic E-state index is 0.0246. The number of sulfonamides is 1. The van der Waals surface area contributed by atoms with E-state index >= 15 is 0 Å². The molecule has 0 bridgehead atoms. The highest BCUT2D eigenvalue weighted by molar-refractivity contribution is 7.89. The lowest BCUT2D eigenvalue weighted by molar-refractivity contribution is -0.121. The van der Waals surface area contributed by atoms with Gasteiger partial charge in [-0.05, 0) is 38.0 Å². The molecular formula is C14H21ClN2O3S. The second-order valence-corrected chi connectivity index (χ2v) is 7.49. The molecule has 118 valence electrons. The molecule has 1 amide bonds. The Bertz CT molecular complexity index is 570. The molecule has 0 unspecified atom stereocenters. The van der Waals surface area contributed by atoms with Gasteiger partial charge in [-0.15, -0.1) is 11.6 Å². The van der Waals surface area contributed by atoms with E-state index < -0.39 is 10.0 Å². The first kappa shape index (κ1) is 17.9. The van der Waals surface area contributed by atoms with Gasteiger partial charge in [0.25, 0.3) is 0 Å². The third kappa shape index (κ3) is 5.30. The number of benzene rings is 1. The van der Waals surface area contributed by atoms with Crippen LogP contribution in [0.2, 0.25) is 0 Å². The van der Waals surface area contributed by atoms with E-state index in [0.29, 0.717) is 12.3 Å². The van der Waals surface area contributed by atoms with Crippen molar-refractivity contribution in [3.05, 3.63) is 29.8 Å². The van der Waals surface area contributed by atoms with Crippen molar-refractivity contribution >= 4 is 27.5 Å². The van der Waals surface area contributed by atoms with Crippen molar-refractivity contribution in [2.75, 3.05) is 19.5 Å². The average molecular weight is 333 g/mol. The largest absolute Gasteiger partial charge is 0.353 e. The Morgan fingerprint density at radius 2 is 1.86 bits per heavy atom. The van der Waals surface area contributed by atoms with Crippen LogP contribution in [0.3, 0.4) is 0 Å². The number of hydrogen-bond acceptors (Lipinski definition) is 3. The molecule has 5 nitrogen and oxygen atoms in total. The molecule has 0 aliphatic heterocycles. The number of alkyl halides is 1. The molecule has 1 aromatic carbocycles. The third-order valence-electron chi connectivity index (χ3n) is 2.83. The predicted octanol–water partition coefficient (Wildman–Crippen LogP) is 1.61. The lowest BCUT2D eigenvalue weighted by Gasteiger charge is -2.18. The zero-order valence-corrected chi connectivity index (χ0v) is 14.0. The van der Waals surface area contributed by atoms with Gasteiger partial charge in [-0.25, -0.2) is 8.42 Å². The molecule has 7 heteroatoms. The summed E-state index contributed by atoms with van der Waals surface area (Å²) in [5.41, 5.74) is 0.976. The van der Waals surface area contributed by atoms with Crippen molar-refractivity contribution in [3.63, 3.8) is 0 Å². The van der Waals surface area contributed by atoms with Crippen LogP contribution >= 0.6 is 11.6 Å². The summed E-state index contributed by atoms with van der Waals surface area (Å²) < 4.78 is 25.7. The van der Waals surface area contributed by atoms with Crippen LogP contribution in [0.25, 0.3) is 0 Å². The Balaban J connectivity index is 2.81. The molecule has 0 radical (unpaired) electrons. The average Bonchev–Trinajstić information content (AvgIpc) is 2.38. The van der Waals surface area contributed by atoms with Gasteiger partial charge in [0.1, 0.15) is 0 Å². The van der Waals surface area contributed by atoms with Crippen LogP contribution in [0.5, 0.6) is 0 Å². The predicted molar refractivity (Wildman–Crippen MR) is 84.0 cm³/mol. The van der Waals surface area contributed by atoms with E-state index in [-0.39, 0.29) is 23.4 Å². The van der Waals surface area contributed by atoms with Crippen LogP contribution in [0.1, 0.15) is 19.4 Å². The normalized spacial score (nSPS) is 11.9. The fourth-order valence-corrected chi connectivity index (χ4v) is 3.12. The van der Waals surface area contributed by atoms with Crippen molar-refractivity contribution < 1.29 is 13.2 Å². The second kappa shape index (κ2) is 7.77. The van der Waals surface area contributed by atoms with Crippen molar-refractivity contribution in [2.24, 2.45) is 0 Å². The fraction of sp³-hybridized carbons (Fsp3) is 0.500. The maximum Gasteiger partial charge on any atom is 0.243 e. The highest BCUT2D eigenvalue weighted by Crippen LogP contribution is 2.15. The van der Waals surface area contributed by atoms with E-state index in [2.05, 4.69) is 5.32 Å². The number of nitrogens with one attached hydrogen (secondary N) is 1. The van der Waals surface area contributed by atoms with Gasteiger partial charge in [0.15, 0.2) is 0 Å². The molecular weight excluding hydrogens is 312 g/mol. The van der Waals surface area contributed by atoms with Gasteiger partial charge in [0, 0.05) is 19.0 Å². The van der Waals surface area contributed by atoms with E-state index in [4.69, 9.17) is 11.6 Å². The summed E-state index contributed by atoms with van der Waals surface area (Å²) in [6.45, 7) is 3.44. The molecule has 0 aliphatic rings. The molecule has 1 N–H and O–H groups in total. The maximum absolute atomic E-state index is 12.3. The fourth-order valence-electron chi connectivity index (χ4n) is 1.77. The lowest BCUT2D eigenvalue weighted by Crippen LogP contribution is -2.40. The summed E-state index contributed by atoms with van der Waals surface area (Å²) in [5.74, 6) is 0.163. The molecule has 0 saturated carbocycles. The van der Waals surface area contributed by atoms with Crippen LogP contribution < -0.4 is 5.32 Å². The van der Waals surface area contributed by atoms with Gasteiger partial charge in [0.2, 0.25) is 15.9 Å². The van der Waals surface area contributed by atoms with E-state index in [1.54, 1.807) is 12.1 Å². The first-order valence-electron chi connectivity index (χ1n) is 6.68. The maximum atomic E-state index is 12.3. The van der Waals surface area contributed by atoms with Gasteiger partial charge >= 0.3 is 0 Å². The van der Waals surface area contributed by atoms with Gasteiger partial charge in [-0.2, -0.15) is 4.31 Å². The van der Waals surface area contributed by atoms with Crippen LogP contribution in [0.4, 0.5) is 0 Å². The van der Waals surface area contributed by atoms with Crippen LogP contribution in [0.15, 0.2) is 29.2 Å². The van der Waals surface area contributed by atoms with Crippen molar-refractivity contribution in [2.45, 2.75) is 31.2 Å². The molecule has 0 aromatic heterocycles. The summed E-state index contributed by atoms with van der Waals surface area (Å²) in [6, 6.07) is 6.51. The summed E-state index contributed by atoms with van der Waals surface area (Å²) >= 11 is 5.64. The summed E-state index contributed by atoms with van der Waals surface area (Å²) in [5, 5.41) is 2.66. The van der Waals surface area contributed by atoms with Crippen molar-refractivity contribution in [3.8, 4) is 0 Å². The molecule has 1 aromatic rings. The quantitative estimate of drug-likeness (QED) is 0.771. The van der Waals surface area contributed by atoms with Gasteiger partial charge in [0.05, 0.1) is 11.4 Å². The van der Waals surface area contributed by atoms with Gasteiger partial charge in [-0.1, -0.05) is 12.1 Å². The zero-order valence-electron chi connectivity index (χ0n) is 12.5. The van der Waals surface area contributed by atoms with Crippen LogP contribution in [0, 0.1) is 0 Å². The number of amides is 1. The van der Waals surface area contributed by atoms with E-state index in [1.165, 1.54) is 19.2 Å². The number of rotatable bonds is 7. The topological polar surface area (TPSA) is 66.5 Å². The first-order chi connectivity index (χ1) is 9.77. The summed E-state index contributed by atoms with van der Waals surface area (Å²) in [6.07, 6.45) is 0.689. The van der Waals surface area contributed by atoms with E-state index in [9.17, 15) is 13.2 Å². The number of halogens is 1. The lowest BCUT2D eigenvalue weighted by atomic mass is 10.2. The highest BCUT2D eigenvalue weighted by atomic mass is 35.5. The van der Waals surface area contributed by atoms with Crippen molar-refractivity contribution in [1.29, 1.82) is 0 Å². The van der Waals surface area contributed by atoms with E-state index in [1.807, 2.05) is 13.8 Å². The standard InChI is InChI=1S/C14H21ClN2O3S/c1-11(2)16-14(18)10-17(3)21(19,20)13-6-4-12(5-7-13)8-9-15/h4-7,11H,8-10H2,1-3H3,(H,16,18). The molecule has 21 heavy (non-hydrogen) atoms. The Morgan fingerprint density at radius 1 is 1.29 bits per heavy atom. The number of likely N-dealkylation sites (N-methyl/N-ethyl adjacent to an activating group) is 1. The molecule has 0 spiro atoms. The Kier molecular flexibility index (Phi) is 6.64. The first-order valence-corrected chi connectivity index (χ1v) is 8.65. The Labute approximate surface area is 131 Å². The minimum atomic E-state index is -3.66. The number of carbonyl (C=O) groups excluding carboxylic acids is 1. The Hall–Kier alpha value is -1.11. The van der Waals surface area contributed by atoms with Gasteiger partial charge < -0.3 is 5.32 Å². The second-order valence-electron chi connectivity index (χ2n) is 5.07. The number of nitrogens with zero attached hydrogens (tertiary/aromatic N) is 1. The number of carbonyl (C=O) groups is 1. The van der Waals surface area contributed by atoms with Crippen molar-refractivity contribution in [1.82, 2.24) is 9.62 Å². The Morgan fingerprint density at radius 3 is 2.33 bits per heavy atom. The third-order valence-corrected chi connectivity index (χ3v) is 4.84. The number of aryl methyl sites for hydroxylation is 1. The summed E-state index contributed by atoms with van der Waals surface area (Å²) in [7, 11) is -2.27. The summed E-state index contributed by atoms with van der Waals surface area (Å²) in [4.78, 5) is 11.8. The minimum Gasteiger partial charge on any atom is -0.353 e. The smallest absolute Gasteiger partial charge is 0.243 e. The molecule has 0 aliphatic carbocycles. The zero-order chi connectivity index (χ0) is 16.0.